The van der Waals surface area contributed by atoms with Crippen LogP contribution in [0.5, 0.6) is 0 Å². The number of hydrogen-bond donors (Lipinski definition) is 0. The van der Waals surface area contributed by atoms with Crippen LogP contribution in [0.25, 0.3) is 0 Å². The Morgan fingerprint density at radius 2 is 1.42 bits per heavy atom. The average molecular weight is 370 g/mol. The number of sulfonamides is 1. The number of fused-ring (bicyclic) bond motifs is 2. The molecule has 0 saturated carbocycles. The molecule has 0 N–H and O–H groups in total. The summed E-state index contributed by atoms with van der Waals surface area (Å²) >= 11 is 0. The Labute approximate surface area is 152 Å². The van der Waals surface area contributed by atoms with Crippen LogP contribution in [0.15, 0.2) is 48.5 Å². The summed E-state index contributed by atoms with van der Waals surface area (Å²) in [5.74, 6) is -1.12. The van der Waals surface area contributed by atoms with Gasteiger partial charge in [-0.1, -0.05) is 36.4 Å². The van der Waals surface area contributed by atoms with Crippen LogP contribution in [0.3, 0.4) is 0 Å². The first-order chi connectivity index (χ1) is 12.5. The monoisotopic (exact) mass is 370 g/mol. The van der Waals surface area contributed by atoms with Gasteiger partial charge in [-0.2, -0.15) is 4.31 Å². The lowest BCUT2D eigenvalue weighted by molar-refractivity contribution is 0.0663. The second kappa shape index (κ2) is 6.34. The minimum atomic E-state index is -3.56. The summed E-state index contributed by atoms with van der Waals surface area (Å²) in [5, 5.41) is 0. The molecular formula is C19H18N2O4S. The Kier molecular flexibility index (Phi) is 4.13. The Bertz CT molecular complexity index is 965. The van der Waals surface area contributed by atoms with Crippen molar-refractivity contribution < 1.29 is 18.0 Å². The molecule has 0 spiro atoms. The Balaban J connectivity index is 1.47. The highest BCUT2D eigenvalue weighted by molar-refractivity contribution is 7.89. The molecule has 0 atom stereocenters. The van der Waals surface area contributed by atoms with Crippen molar-refractivity contribution in [3.8, 4) is 0 Å². The maximum absolute atomic E-state index is 12.7. The maximum Gasteiger partial charge on any atom is 0.261 e. The summed E-state index contributed by atoms with van der Waals surface area (Å²) in [7, 11) is -3.56. The van der Waals surface area contributed by atoms with Crippen molar-refractivity contribution in [3.63, 3.8) is 0 Å². The van der Waals surface area contributed by atoms with Crippen molar-refractivity contribution in [1.82, 2.24) is 9.21 Å². The summed E-state index contributed by atoms with van der Waals surface area (Å²) in [6, 6.07) is 14.3. The van der Waals surface area contributed by atoms with Gasteiger partial charge in [-0.15, -0.1) is 0 Å². The molecule has 26 heavy (non-hydrogen) atoms. The molecule has 2 aromatic rings. The minimum absolute atomic E-state index is 0.132. The smallest absolute Gasteiger partial charge is 0.261 e. The lowest BCUT2D eigenvalue weighted by Crippen LogP contribution is -2.41. The predicted octanol–water partition coefficient (Wildman–Crippen LogP) is 1.67. The van der Waals surface area contributed by atoms with Crippen molar-refractivity contribution in [2.45, 2.75) is 13.0 Å². The van der Waals surface area contributed by atoms with Gasteiger partial charge in [0.15, 0.2) is 0 Å². The predicted molar refractivity (Wildman–Crippen MR) is 96.2 cm³/mol. The van der Waals surface area contributed by atoms with Crippen LogP contribution in [0.1, 0.15) is 31.8 Å². The zero-order chi connectivity index (χ0) is 18.3. The minimum Gasteiger partial charge on any atom is -0.273 e. The molecule has 2 aliphatic heterocycles. The van der Waals surface area contributed by atoms with Crippen LogP contribution in [-0.2, 0) is 23.0 Å². The van der Waals surface area contributed by atoms with Crippen LogP contribution < -0.4 is 0 Å². The topological polar surface area (TPSA) is 74.8 Å². The first kappa shape index (κ1) is 16.9. The third kappa shape index (κ3) is 2.83. The molecule has 0 aliphatic carbocycles. The van der Waals surface area contributed by atoms with Crippen molar-refractivity contribution in [2.75, 3.05) is 18.8 Å². The van der Waals surface area contributed by atoms with Gasteiger partial charge >= 0.3 is 0 Å². The van der Waals surface area contributed by atoms with E-state index < -0.39 is 21.8 Å². The third-order valence-electron chi connectivity index (χ3n) is 4.94. The molecule has 0 saturated heterocycles. The molecule has 6 nitrogen and oxygen atoms in total. The van der Waals surface area contributed by atoms with Crippen molar-refractivity contribution >= 4 is 21.8 Å². The van der Waals surface area contributed by atoms with Gasteiger partial charge in [-0.05, 0) is 29.7 Å². The molecule has 4 rings (SSSR count). The molecule has 0 bridgehead atoms. The van der Waals surface area contributed by atoms with E-state index in [1.807, 2.05) is 24.3 Å². The highest BCUT2D eigenvalue weighted by Gasteiger charge is 2.36. The highest BCUT2D eigenvalue weighted by Crippen LogP contribution is 2.24. The first-order valence-electron chi connectivity index (χ1n) is 8.47. The van der Waals surface area contributed by atoms with Gasteiger partial charge in [-0.25, -0.2) is 8.42 Å². The van der Waals surface area contributed by atoms with Crippen molar-refractivity contribution in [3.05, 3.63) is 70.8 Å². The van der Waals surface area contributed by atoms with Gasteiger partial charge in [0.05, 0.1) is 16.9 Å². The molecule has 2 amide bonds. The second-order valence-corrected chi connectivity index (χ2v) is 8.56. The van der Waals surface area contributed by atoms with Gasteiger partial charge < -0.3 is 0 Å². The van der Waals surface area contributed by atoms with Crippen LogP contribution in [-0.4, -0.2) is 48.3 Å². The van der Waals surface area contributed by atoms with Crippen LogP contribution in [0.2, 0.25) is 0 Å². The van der Waals surface area contributed by atoms with Gasteiger partial charge in [0.2, 0.25) is 10.0 Å². The number of carbonyl (C=O) groups is 2. The molecule has 2 aliphatic rings. The van der Waals surface area contributed by atoms with Crippen LogP contribution in [0, 0.1) is 0 Å². The average Bonchev–Trinajstić information content (AvgIpc) is 2.90. The largest absolute Gasteiger partial charge is 0.273 e. The van der Waals surface area contributed by atoms with E-state index in [-0.39, 0.29) is 12.3 Å². The summed E-state index contributed by atoms with van der Waals surface area (Å²) < 4.78 is 26.9. The third-order valence-corrected chi connectivity index (χ3v) is 6.74. The molecule has 0 radical (unpaired) electrons. The van der Waals surface area contributed by atoms with Crippen LogP contribution in [0.4, 0.5) is 0 Å². The maximum atomic E-state index is 12.7. The lowest BCUT2D eigenvalue weighted by Gasteiger charge is -2.28. The van der Waals surface area contributed by atoms with Crippen molar-refractivity contribution in [2.24, 2.45) is 0 Å². The second-order valence-electron chi connectivity index (χ2n) is 6.48. The lowest BCUT2D eigenvalue weighted by atomic mass is 10.0. The highest BCUT2D eigenvalue weighted by atomic mass is 32.2. The normalized spacial score (nSPS) is 17.3. The van der Waals surface area contributed by atoms with E-state index >= 15 is 0 Å². The number of rotatable bonds is 4. The number of carbonyl (C=O) groups excluding carboxylic acids is 2. The standard InChI is InChI=1S/C19H18N2O4S/c22-18-16-7-3-4-8-17(16)19(23)21(18)11-12-26(24,25)20-10-9-14-5-1-2-6-15(14)13-20/h1-8H,9-13H2. The zero-order valence-corrected chi connectivity index (χ0v) is 14.9. The SMILES string of the molecule is O=C1c2ccccc2C(=O)N1CCS(=O)(=O)N1CCc2ccccc2C1. The van der Waals surface area contributed by atoms with E-state index in [2.05, 4.69) is 0 Å². The molecule has 0 aromatic heterocycles. The fraction of sp³-hybridized carbons (Fsp3) is 0.263. The molecule has 134 valence electrons. The van der Waals surface area contributed by atoms with E-state index in [0.717, 1.165) is 10.5 Å². The van der Waals surface area contributed by atoms with E-state index in [0.29, 0.717) is 30.6 Å². The Morgan fingerprint density at radius 1 is 0.846 bits per heavy atom. The van der Waals surface area contributed by atoms with Gasteiger partial charge in [0, 0.05) is 19.6 Å². The van der Waals surface area contributed by atoms with Gasteiger partial charge in [0.1, 0.15) is 0 Å². The summed E-state index contributed by atoms with van der Waals surface area (Å²) in [5.41, 5.74) is 2.84. The zero-order valence-electron chi connectivity index (χ0n) is 14.1. The van der Waals surface area contributed by atoms with Gasteiger partial charge in [0.25, 0.3) is 11.8 Å². The molecule has 7 heteroatoms. The van der Waals surface area contributed by atoms with E-state index in [9.17, 15) is 18.0 Å². The van der Waals surface area contributed by atoms with E-state index in [1.54, 1.807) is 24.3 Å². The fourth-order valence-electron chi connectivity index (χ4n) is 3.49. The van der Waals surface area contributed by atoms with Crippen molar-refractivity contribution in [1.29, 1.82) is 0 Å². The number of nitrogens with zero attached hydrogens (tertiary/aromatic N) is 2. The number of amides is 2. The number of imide groups is 1. The molecule has 2 aromatic carbocycles. The molecule has 0 fully saturated rings. The summed E-state index contributed by atoms with van der Waals surface area (Å²) in [4.78, 5) is 25.7. The van der Waals surface area contributed by atoms with E-state index in [1.165, 1.54) is 9.87 Å². The number of hydrogen-bond acceptors (Lipinski definition) is 4. The summed E-state index contributed by atoms with van der Waals surface area (Å²) in [6.07, 6.45) is 0.669. The molecule has 2 heterocycles. The molecular weight excluding hydrogens is 352 g/mol. The van der Waals surface area contributed by atoms with Gasteiger partial charge in [-0.3, -0.25) is 14.5 Å². The summed E-state index contributed by atoms with van der Waals surface area (Å²) in [6.45, 7) is 0.620. The fourth-order valence-corrected chi connectivity index (χ4v) is 4.86. The van der Waals surface area contributed by atoms with Crippen LogP contribution >= 0.6 is 0 Å². The number of benzene rings is 2. The Morgan fingerprint density at radius 3 is 2.08 bits per heavy atom. The quantitative estimate of drug-likeness (QED) is 0.768. The Hall–Kier alpha value is -2.51. The first-order valence-corrected chi connectivity index (χ1v) is 10.1. The van der Waals surface area contributed by atoms with E-state index in [4.69, 9.17) is 0 Å². The molecule has 0 unspecified atom stereocenters.